The molecule has 0 aliphatic carbocycles. The lowest BCUT2D eigenvalue weighted by Gasteiger charge is -2.24. The van der Waals surface area contributed by atoms with E-state index in [0.29, 0.717) is 17.4 Å². The fourth-order valence-corrected chi connectivity index (χ4v) is 5.83. The van der Waals surface area contributed by atoms with Crippen molar-refractivity contribution in [3.05, 3.63) is 24.3 Å². The van der Waals surface area contributed by atoms with Gasteiger partial charge in [0, 0.05) is 12.8 Å². The van der Waals surface area contributed by atoms with Crippen LogP contribution in [0, 0.1) is 0 Å². The van der Waals surface area contributed by atoms with E-state index in [2.05, 4.69) is 38.2 Å². The minimum Gasteiger partial charge on any atom is -0.462 e. The van der Waals surface area contributed by atoms with Crippen molar-refractivity contribution in [3.8, 4) is 0 Å². The van der Waals surface area contributed by atoms with Gasteiger partial charge in [0.25, 0.3) is 0 Å². The van der Waals surface area contributed by atoms with E-state index in [-0.39, 0.29) is 32.0 Å². The number of hydrogen-bond acceptors (Lipinski definition) is 7. The maximum absolute atomic E-state index is 12.6. The fraction of sp³-hybridized carbons (Fsp3) is 0.846. The molecule has 0 heterocycles. The first-order valence-corrected chi connectivity index (χ1v) is 21.1. The van der Waals surface area contributed by atoms with Gasteiger partial charge in [0.15, 0.2) is 6.10 Å². The lowest BCUT2D eigenvalue weighted by atomic mass is 10.1. The summed E-state index contributed by atoms with van der Waals surface area (Å²) in [4.78, 5) is 35.2. The monoisotopic (exact) mass is 717 g/mol. The molecule has 49 heavy (non-hydrogen) atoms. The zero-order valence-electron chi connectivity index (χ0n) is 32.2. The van der Waals surface area contributed by atoms with Crippen LogP contribution in [0.15, 0.2) is 24.3 Å². The Bertz CT molecular complexity index is 902. The van der Waals surface area contributed by atoms with Crippen molar-refractivity contribution in [2.45, 2.75) is 168 Å². The molecular formula is C39H75NO8P+. The molecule has 1 unspecified atom stereocenters. The Kier molecular flexibility index (Phi) is 31.4. The van der Waals surface area contributed by atoms with Gasteiger partial charge in [-0.15, -0.1) is 0 Å². The number of allylic oxidation sites excluding steroid dienone is 4. The van der Waals surface area contributed by atoms with Crippen molar-refractivity contribution in [2.75, 3.05) is 47.5 Å². The predicted octanol–water partition coefficient (Wildman–Crippen LogP) is 10.4. The standard InChI is InChI=1S/C39H74NO8P/c1-6-8-10-12-14-16-18-19-20-22-23-25-27-29-31-38(41)45-35-37(36-47-49(43,44)46-34-33-40(3,4)5)48-39(42)32-30-28-26-24-21-17-15-13-11-9-7-2/h12,14,18-19,37H,6-11,13,15-17,20-36H2,1-5H3/p+1/b14-12+,19-18+/t37-/m1/s1. The number of phosphoric acid groups is 1. The number of quaternary nitrogens is 1. The number of hydrogen-bond donors (Lipinski definition) is 1. The summed E-state index contributed by atoms with van der Waals surface area (Å²) in [6.07, 6.45) is 32.2. The Hall–Kier alpha value is -1.51. The van der Waals surface area contributed by atoms with Crippen LogP contribution in [-0.2, 0) is 32.7 Å². The summed E-state index contributed by atoms with van der Waals surface area (Å²) in [5.74, 6) is -0.815. The highest BCUT2D eigenvalue weighted by molar-refractivity contribution is 7.47. The number of rotatable bonds is 35. The van der Waals surface area contributed by atoms with Gasteiger partial charge in [-0.2, -0.15) is 0 Å². The molecule has 0 aromatic carbocycles. The second kappa shape index (κ2) is 32.4. The summed E-state index contributed by atoms with van der Waals surface area (Å²) in [5.41, 5.74) is 0. The van der Waals surface area contributed by atoms with Crippen molar-refractivity contribution in [1.29, 1.82) is 0 Å². The average Bonchev–Trinajstić information content (AvgIpc) is 3.04. The number of nitrogens with zero attached hydrogens (tertiary/aromatic N) is 1. The van der Waals surface area contributed by atoms with Gasteiger partial charge in [-0.1, -0.05) is 134 Å². The summed E-state index contributed by atoms with van der Waals surface area (Å²) in [7, 11) is 1.47. The van der Waals surface area contributed by atoms with Gasteiger partial charge in [0.2, 0.25) is 0 Å². The van der Waals surface area contributed by atoms with E-state index in [9.17, 15) is 19.0 Å². The van der Waals surface area contributed by atoms with E-state index in [1.54, 1.807) is 0 Å². The Morgan fingerprint density at radius 3 is 1.67 bits per heavy atom. The Morgan fingerprint density at radius 2 is 1.12 bits per heavy atom. The number of carbonyl (C=O) groups is 2. The number of esters is 2. The highest BCUT2D eigenvalue weighted by Gasteiger charge is 2.27. The lowest BCUT2D eigenvalue weighted by molar-refractivity contribution is -0.870. The molecule has 0 aliphatic rings. The molecule has 0 bridgehead atoms. The van der Waals surface area contributed by atoms with E-state index in [4.69, 9.17) is 18.5 Å². The zero-order valence-corrected chi connectivity index (χ0v) is 33.1. The van der Waals surface area contributed by atoms with Gasteiger partial charge in [0.1, 0.15) is 19.8 Å². The van der Waals surface area contributed by atoms with Crippen LogP contribution in [0.4, 0.5) is 0 Å². The molecule has 288 valence electrons. The molecule has 0 radical (unpaired) electrons. The van der Waals surface area contributed by atoms with Gasteiger partial charge in [0.05, 0.1) is 27.7 Å². The molecule has 0 rings (SSSR count). The van der Waals surface area contributed by atoms with Crippen LogP contribution < -0.4 is 0 Å². The van der Waals surface area contributed by atoms with Gasteiger partial charge in [-0.05, 0) is 38.5 Å². The maximum atomic E-state index is 12.6. The fourth-order valence-electron chi connectivity index (χ4n) is 5.09. The molecule has 2 atom stereocenters. The number of ether oxygens (including phenoxy) is 2. The molecule has 0 aromatic heterocycles. The van der Waals surface area contributed by atoms with Crippen LogP contribution in [0.3, 0.4) is 0 Å². The van der Waals surface area contributed by atoms with Crippen LogP contribution in [-0.4, -0.2) is 74.9 Å². The highest BCUT2D eigenvalue weighted by Crippen LogP contribution is 2.43. The predicted molar refractivity (Wildman–Crippen MR) is 201 cm³/mol. The third-order valence-electron chi connectivity index (χ3n) is 8.23. The summed E-state index contributed by atoms with van der Waals surface area (Å²) in [6.45, 7) is 4.34. The molecule has 10 heteroatoms. The molecule has 0 saturated carbocycles. The third kappa shape index (κ3) is 36.1. The van der Waals surface area contributed by atoms with Crippen molar-refractivity contribution >= 4 is 19.8 Å². The molecule has 0 spiro atoms. The van der Waals surface area contributed by atoms with E-state index >= 15 is 0 Å². The lowest BCUT2D eigenvalue weighted by Crippen LogP contribution is -2.37. The third-order valence-corrected chi connectivity index (χ3v) is 9.22. The van der Waals surface area contributed by atoms with Crippen LogP contribution >= 0.6 is 7.82 Å². The largest absolute Gasteiger partial charge is 0.472 e. The van der Waals surface area contributed by atoms with E-state index in [1.165, 1.54) is 70.6 Å². The average molecular weight is 717 g/mol. The zero-order chi connectivity index (χ0) is 36.5. The Morgan fingerprint density at radius 1 is 0.633 bits per heavy atom. The number of unbranched alkanes of at least 4 members (excludes halogenated alkanes) is 17. The van der Waals surface area contributed by atoms with Gasteiger partial charge in [-0.25, -0.2) is 4.57 Å². The van der Waals surface area contributed by atoms with Crippen molar-refractivity contribution in [2.24, 2.45) is 0 Å². The molecule has 0 fully saturated rings. The first kappa shape index (κ1) is 47.5. The van der Waals surface area contributed by atoms with Crippen LogP contribution in [0.1, 0.15) is 162 Å². The molecule has 0 saturated heterocycles. The second-order valence-electron chi connectivity index (χ2n) is 14.3. The first-order valence-electron chi connectivity index (χ1n) is 19.6. The van der Waals surface area contributed by atoms with Gasteiger partial charge >= 0.3 is 19.8 Å². The van der Waals surface area contributed by atoms with Crippen LogP contribution in [0.5, 0.6) is 0 Å². The molecule has 0 aromatic rings. The van der Waals surface area contributed by atoms with Crippen molar-refractivity contribution in [1.82, 2.24) is 0 Å². The Balaban J connectivity index is 4.44. The smallest absolute Gasteiger partial charge is 0.462 e. The first-order chi connectivity index (χ1) is 23.5. The van der Waals surface area contributed by atoms with Crippen molar-refractivity contribution < 1.29 is 42.1 Å². The summed E-state index contributed by atoms with van der Waals surface area (Å²) in [5, 5.41) is 0. The number of likely N-dealkylation sites (N-methyl/N-ethyl adjacent to an activating group) is 1. The van der Waals surface area contributed by atoms with Crippen molar-refractivity contribution in [3.63, 3.8) is 0 Å². The van der Waals surface area contributed by atoms with E-state index in [0.717, 1.165) is 57.8 Å². The van der Waals surface area contributed by atoms with E-state index in [1.807, 2.05) is 21.1 Å². The molecule has 1 N–H and O–H groups in total. The normalized spacial score (nSPS) is 14.0. The summed E-state index contributed by atoms with van der Waals surface area (Å²) < 4.78 is 34.1. The van der Waals surface area contributed by atoms with Crippen LogP contribution in [0.25, 0.3) is 0 Å². The minimum absolute atomic E-state index is 0.0308. The summed E-state index contributed by atoms with van der Waals surface area (Å²) >= 11 is 0. The molecule has 0 aliphatic heterocycles. The van der Waals surface area contributed by atoms with Crippen LogP contribution in [0.2, 0.25) is 0 Å². The highest BCUT2D eigenvalue weighted by atomic mass is 31.2. The molecular weight excluding hydrogens is 641 g/mol. The second-order valence-corrected chi connectivity index (χ2v) is 15.8. The number of carbonyl (C=O) groups excluding carboxylic acids is 2. The summed E-state index contributed by atoms with van der Waals surface area (Å²) in [6, 6.07) is 0. The molecule has 0 amide bonds. The SMILES string of the molecule is CCCC/C=C/C/C=C/CCCCCCCC(=O)OC[C@H](COP(=O)(O)OCC[N+](C)(C)C)OC(=O)CCCCCCCCCCCCC. The van der Waals surface area contributed by atoms with Gasteiger partial charge in [-0.3, -0.25) is 18.6 Å². The van der Waals surface area contributed by atoms with Gasteiger partial charge < -0.3 is 18.9 Å². The molecule has 9 nitrogen and oxygen atoms in total. The topological polar surface area (TPSA) is 108 Å². The maximum Gasteiger partial charge on any atom is 0.472 e. The Labute approximate surface area is 300 Å². The minimum atomic E-state index is -4.37. The van der Waals surface area contributed by atoms with E-state index < -0.39 is 26.5 Å². The number of phosphoric ester groups is 1. The quantitative estimate of drug-likeness (QED) is 0.0227.